The number of hydrogen-bond acceptors (Lipinski definition) is 5. The van der Waals surface area contributed by atoms with E-state index >= 15 is 0 Å². The summed E-state index contributed by atoms with van der Waals surface area (Å²) >= 11 is 8.97. The van der Waals surface area contributed by atoms with E-state index in [0.717, 1.165) is 35.0 Å². The first-order chi connectivity index (χ1) is 13.5. The fourth-order valence-corrected chi connectivity index (χ4v) is 5.58. The standard InChI is InChI=1S/C20H20ClN3O2S2/c1-11(12-5-7-13(21)8-6-12)22-17(25)10-27-9-16-23-19(26)18-14-3-2-4-15(14)28-20(18)24-16/h5-8,11H,2-4,9-10H2,1H3,(H,22,25)(H,23,24,26). The number of fused-ring (bicyclic) bond motifs is 3. The summed E-state index contributed by atoms with van der Waals surface area (Å²) in [5.41, 5.74) is 2.13. The molecule has 0 fully saturated rings. The van der Waals surface area contributed by atoms with Crippen LogP contribution in [0.25, 0.3) is 10.2 Å². The zero-order valence-corrected chi connectivity index (χ0v) is 17.8. The SMILES string of the molecule is CC(NC(=O)CSCc1nc2sc3c(c2c(=O)[nH]1)CCC3)c1ccc(Cl)cc1. The molecule has 2 aromatic heterocycles. The molecule has 1 aliphatic carbocycles. The summed E-state index contributed by atoms with van der Waals surface area (Å²) in [5.74, 6) is 1.38. The van der Waals surface area contributed by atoms with Gasteiger partial charge in [0.05, 0.1) is 22.9 Å². The van der Waals surface area contributed by atoms with Crippen LogP contribution in [0.2, 0.25) is 5.02 Å². The molecule has 1 atom stereocenters. The van der Waals surface area contributed by atoms with E-state index in [-0.39, 0.29) is 17.5 Å². The molecule has 3 aromatic rings. The first-order valence-corrected chi connectivity index (χ1v) is 11.5. The third kappa shape index (κ3) is 4.11. The first-order valence-electron chi connectivity index (χ1n) is 9.17. The van der Waals surface area contributed by atoms with Crippen molar-refractivity contribution in [1.29, 1.82) is 0 Å². The number of H-pyrrole nitrogens is 1. The Morgan fingerprint density at radius 1 is 1.36 bits per heavy atom. The molecular formula is C20H20ClN3O2S2. The zero-order chi connectivity index (χ0) is 19.7. The van der Waals surface area contributed by atoms with Gasteiger partial charge in [0, 0.05) is 9.90 Å². The zero-order valence-electron chi connectivity index (χ0n) is 15.4. The highest BCUT2D eigenvalue weighted by Crippen LogP contribution is 2.34. The first kappa shape index (κ1) is 19.5. The minimum Gasteiger partial charge on any atom is -0.349 e. The van der Waals surface area contributed by atoms with Gasteiger partial charge in [-0.1, -0.05) is 23.7 Å². The number of aromatic amines is 1. The van der Waals surface area contributed by atoms with E-state index in [1.807, 2.05) is 31.2 Å². The Balaban J connectivity index is 1.34. The van der Waals surface area contributed by atoms with Gasteiger partial charge in [-0.3, -0.25) is 9.59 Å². The molecule has 1 aliphatic rings. The van der Waals surface area contributed by atoms with Gasteiger partial charge in [0.2, 0.25) is 5.91 Å². The molecule has 4 rings (SSSR count). The van der Waals surface area contributed by atoms with E-state index in [4.69, 9.17) is 11.6 Å². The Morgan fingerprint density at radius 3 is 2.93 bits per heavy atom. The van der Waals surface area contributed by atoms with Crippen molar-refractivity contribution in [2.45, 2.75) is 38.0 Å². The largest absolute Gasteiger partial charge is 0.349 e. The van der Waals surface area contributed by atoms with E-state index < -0.39 is 0 Å². The number of nitrogens with one attached hydrogen (secondary N) is 2. The average Bonchev–Trinajstić information content (AvgIpc) is 3.22. The van der Waals surface area contributed by atoms with Crippen LogP contribution in [0.1, 0.15) is 41.2 Å². The molecule has 1 unspecified atom stereocenters. The third-order valence-corrected chi connectivity index (χ3v) is 7.23. The number of amides is 1. The van der Waals surface area contributed by atoms with Gasteiger partial charge in [0.25, 0.3) is 5.56 Å². The van der Waals surface area contributed by atoms with Crippen LogP contribution >= 0.6 is 34.7 Å². The number of halogens is 1. The predicted molar refractivity (Wildman–Crippen MR) is 116 cm³/mol. The number of nitrogens with zero attached hydrogens (tertiary/aromatic N) is 1. The van der Waals surface area contributed by atoms with Gasteiger partial charge >= 0.3 is 0 Å². The van der Waals surface area contributed by atoms with Gasteiger partial charge in [-0.2, -0.15) is 0 Å². The molecule has 28 heavy (non-hydrogen) atoms. The van der Waals surface area contributed by atoms with Crippen LogP contribution < -0.4 is 10.9 Å². The molecule has 0 bridgehead atoms. The average molecular weight is 434 g/mol. The number of thiophene rings is 1. The van der Waals surface area contributed by atoms with Crippen molar-refractivity contribution in [3.8, 4) is 0 Å². The summed E-state index contributed by atoms with van der Waals surface area (Å²) < 4.78 is 0. The Bertz CT molecular complexity index is 1080. The monoisotopic (exact) mass is 433 g/mol. The molecule has 1 amide bonds. The van der Waals surface area contributed by atoms with Crippen LogP contribution in [-0.4, -0.2) is 21.6 Å². The maximum absolute atomic E-state index is 12.5. The highest BCUT2D eigenvalue weighted by Gasteiger charge is 2.21. The molecule has 1 aromatic carbocycles. The Morgan fingerprint density at radius 2 is 2.14 bits per heavy atom. The fraction of sp³-hybridized carbons (Fsp3) is 0.350. The Kier molecular flexibility index (Phi) is 5.75. The van der Waals surface area contributed by atoms with Crippen molar-refractivity contribution in [2.75, 3.05) is 5.75 Å². The van der Waals surface area contributed by atoms with E-state index in [1.165, 1.54) is 22.2 Å². The number of carbonyl (C=O) groups excluding carboxylic acids is 1. The molecule has 146 valence electrons. The highest BCUT2D eigenvalue weighted by atomic mass is 35.5. The number of rotatable bonds is 6. The van der Waals surface area contributed by atoms with Crippen molar-refractivity contribution in [2.24, 2.45) is 0 Å². The summed E-state index contributed by atoms with van der Waals surface area (Å²) in [5, 5.41) is 4.41. The summed E-state index contributed by atoms with van der Waals surface area (Å²) in [4.78, 5) is 34.3. The van der Waals surface area contributed by atoms with Crippen LogP contribution in [0.4, 0.5) is 0 Å². The summed E-state index contributed by atoms with van der Waals surface area (Å²) in [6.45, 7) is 1.94. The second-order valence-corrected chi connectivity index (χ2v) is 9.39. The van der Waals surface area contributed by atoms with Crippen LogP contribution in [0.15, 0.2) is 29.1 Å². The van der Waals surface area contributed by atoms with Gasteiger partial charge in [-0.15, -0.1) is 23.1 Å². The molecule has 2 heterocycles. The van der Waals surface area contributed by atoms with Crippen LogP contribution in [0, 0.1) is 0 Å². The molecule has 8 heteroatoms. The molecule has 2 N–H and O–H groups in total. The maximum Gasteiger partial charge on any atom is 0.259 e. The van der Waals surface area contributed by atoms with Crippen molar-refractivity contribution in [3.63, 3.8) is 0 Å². The van der Waals surface area contributed by atoms with Crippen LogP contribution in [0.5, 0.6) is 0 Å². The number of aryl methyl sites for hydroxylation is 2. The number of benzene rings is 1. The highest BCUT2D eigenvalue weighted by molar-refractivity contribution is 7.99. The van der Waals surface area contributed by atoms with Crippen molar-refractivity contribution < 1.29 is 4.79 Å². The van der Waals surface area contributed by atoms with Crippen molar-refractivity contribution in [1.82, 2.24) is 15.3 Å². The molecule has 0 spiro atoms. The van der Waals surface area contributed by atoms with E-state index in [2.05, 4.69) is 15.3 Å². The topological polar surface area (TPSA) is 74.8 Å². The molecular weight excluding hydrogens is 414 g/mol. The fourth-order valence-electron chi connectivity index (χ4n) is 3.47. The van der Waals surface area contributed by atoms with Crippen LogP contribution in [0.3, 0.4) is 0 Å². The van der Waals surface area contributed by atoms with Gasteiger partial charge in [-0.05, 0) is 49.4 Å². The Hall–Kier alpha value is -1.83. The van der Waals surface area contributed by atoms with Gasteiger partial charge < -0.3 is 10.3 Å². The summed E-state index contributed by atoms with van der Waals surface area (Å²) in [7, 11) is 0. The van der Waals surface area contributed by atoms with E-state index in [1.54, 1.807) is 11.3 Å². The number of hydrogen-bond donors (Lipinski definition) is 2. The van der Waals surface area contributed by atoms with E-state index in [0.29, 0.717) is 22.4 Å². The molecule has 0 saturated carbocycles. The molecule has 0 saturated heterocycles. The summed E-state index contributed by atoms with van der Waals surface area (Å²) in [6.07, 6.45) is 3.14. The predicted octanol–water partition coefficient (Wildman–Crippen LogP) is 4.24. The lowest BCUT2D eigenvalue weighted by atomic mass is 10.1. The maximum atomic E-state index is 12.5. The lowest BCUT2D eigenvalue weighted by molar-refractivity contribution is -0.119. The minimum atomic E-state index is -0.0897. The second kappa shape index (κ2) is 8.27. The number of carbonyl (C=O) groups is 1. The molecule has 0 radical (unpaired) electrons. The van der Waals surface area contributed by atoms with E-state index in [9.17, 15) is 9.59 Å². The van der Waals surface area contributed by atoms with Crippen molar-refractivity contribution in [3.05, 3.63) is 61.5 Å². The quantitative estimate of drug-likeness (QED) is 0.609. The Labute approximate surface area is 175 Å². The van der Waals surface area contributed by atoms with Gasteiger partial charge in [-0.25, -0.2) is 4.98 Å². The molecule has 0 aliphatic heterocycles. The number of thioether (sulfide) groups is 1. The second-order valence-electron chi connectivity index (χ2n) is 6.88. The lowest BCUT2D eigenvalue weighted by Gasteiger charge is -2.14. The van der Waals surface area contributed by atoms with Gasteiger partial charge in [0.15, 0.2) is 0 Å². The minimum absolute atomic E-state index is 0.0500. The normalized spacial score (nSPS) is 14.2. The molecule has 5 nitrogen and oxygen atoms in total. The third-order valence-electron chi connectivity index (χ3n) is 4.84. The summed E-state index contributed by atoms with van der Waals surface area (Å²) in [6, 6.07) is 7.35. The smallest absolute Gasteiger partial charge is 0.259 e. The lowest BCUT2D eigenvalue weighted by Crippen LogP contribution is -2.28. The van der Waals surface area contributed by atoms with Gasteiger partial charge in [0.1, 0.15) is 10.7 Å². The van der Waals surface area contributed by atoms with Crippen LogP contribution in [-0.2, 0) is 23.4 Å². The van der Waals surface area contributed by atoms with Crippen molar-refractivity contribution >= 4 is 50.8 Å². The number of aromatic nitrogens is 2.